The molecule has 2 atom stereocenters. The van der Waals surface area contributed by atoms with Crippen LogP contribution in [0.3, 0.4) is 0 Å². The number of fused-ring (bicyclic) bond motifs is 3. The molecule has 33 heavy (non-hydrogen) atoms. The van der Waals surface area contributed by atoms with Gasteiger partial charge in [-0.25, -0.2) is 0 Å². The van der Waals surface area contributed by atoms with Gasteiger partial charge in [0.1, 0.15) is 18.4 Å². The van der Waals surface area contributed by atoms with Crippen LogP contribution in [0.2, 0.25) is 0 Å². The molecule has 0 radical (unpaired) electrons. The van der Waals surface area contributed by atoms with Crippen LogP contribution in [0.15, 0.2) is 78.9 Å². The molecule has 2 aliphatic rings. The molecular formula is C27H27N3O3. The molecule has 3 aromatic rings. The van der Waals surface area contributed by atoms with E-state index in [4.69, 9.17) is 4.74 Å². The second-order valence-electron chi connectivity index (χ2n) is 8.59. The summed E-state index contributed by atoms with van der Waals surface area (Å²) in [7, 11) is 0. The maximum absolute atomic E-state index is 12.6. The highest BCUT2D eigenvalue weighted by Gasteiger charge is 2.41. The first-order chi connectivity index (χ1) is 16.2. The summed E-state index contributed by atoms with van der Waals surface area (Å²) >= 11 is 0. The van der Waals surface area contributed by atoms with Gasteiger partial charge in [0.05, 0.1) is 11.4 Å². The van der Waals surface area contributed by atoms with Crippen LogP contribution in [-0.2, 0) is 22.6 Å². The molecule has 0 spiro atoms. The lowest BCUT2D eigenvalue weighted by Gasteiger charge is -2.32. The normalized spacial score (nSPS) is 18.8. The third kappa shape index (κ3) is 4.85. The maximum Gasteiger partial charge on any atom is 0.247 e. The summed E-state index contributed by atoms with van der Waals surface area (Å²) in [6.07, 6.45) is 1.70. The summed E-state index contributed by atoms with van der Waals surface area (Å²) in [6, 6.07) is 25.5. The fraction of sp³-hybridized carbons (Fsp3) is 0.259. The predicted octanol–water partition coefficient (Wildman–Crippen LogP) is 3.91. The van der Waals surface area contributed by atoms with Crippen molar-refractivity contribution in [2.75, 3.05) is 16.8 Å². The fourth-order valence-corrected chi connectivity index (χ4v) is 4.55. The number of carbonyl (C=O) groups excluding carboxylic acids is 2. The molecule has 2 amide bonds. The first-order valence-electron chi connectivity index (χ1n) is 11.4. The van der Waals surface area contributed by atoms with Crippen LogP contribution in [0.1, 0.15) is 24.0 Å². The van der Waals surface area contributed by atoms with E-state index in [1.807, 2.05) is 78.9 Å². The highest BCUT2D eigenvalue weighted by atomic mass is 16.5. The fourth-order valence-electron chi connectivity index (χ4n) is 4.55. The van der Waals surface area contributed by atoms with Gasteiger partial charge in [-0.15, -0.1) is 0 Å². The Kier molecular flexibility index (Phi) is 5.98. The Bertz CT molecular complexity index is 1130. The van der Waals surface area contributed by atoms with Gasteiger partial charge in [-0.3, -0.25) is 9.59 Å². The summed E-state index contributed by atoms with van der Waals surface area (Å²) in [4.78, 5) is 27.1. The number of carbonyl (C=O) groups is 2. The number of rotatable bonds is 7. The molecule has 1 fully saturated rings. The van der Waals surface area contributed by atoms with E-state index >= 15 is 0 Å². The van der Waals surface area contributed by atoms with Crippen LogP contribution < -0.4 is 20.3 Å². The van der Waals surface area contributed by atoms with Crippen LogP contribution in [0.5, 0.6) is 5.75 Å². The summed E-state index contributed by atoms with van der Waals surface area (Å²) < 4.78 is 5.82. The number of aryl methyl sites for hydroxylation is 1. The average Bonchev–Trinajstić information content (AvgIpc) is 3.27. The van der Waals surface area contributed by atoms with Gasteiger partial charge in [-0.1, -0.05) is 54.6 Å². The number of benzene rings is 3. The quantitative estimate of drug-likeness (QED) is 0.583. The number of para-hydroxylation sites is 2. The van der Waals surface area contributed by atoms with Crippen LogP contribution in [-0.4, -0.2) is 30.4 Å². The van der Waals surface area contributed by atoms with E-state index in [1.54, 1.807) is 0 Å². The number of hydrogen-bond donors (Lipinski definition) is 2. The van der Waals surface area contributed by atoms with Crippen molar-refractivity contribution in [3.8, 4) is 5.75 Å². The average molecular weight is 442 g/mol. The zero-order valence-electron chi connectivity index (χ0n) is 18.4. The van der Waals surface area contributed by atoms with E-state index < -0.39 is 0 Å². The van der Waals surface area contributed by atoms with Crippen LogP contribution in [0.4, 0.5) is 11.4 Å². The Morgan fingerprint density at radius 3 is 2.55 bits per heavy atom. The van der Waals surface area contributed by atoms with E-state index in [0.29, 0.717) is 32.4 Å². The first kappa shape index (κ1) is 21.1. The zero-order chi connectivity index (χ0) is 22.6. The van der Waals surface area contributed by atoms with E-state index in [-0.39, 0.29) is 23.9 Å². The van der Waals surface area contributed by atoms with Gasteiger partial charge in [0.15, 0.2) is 0 Å². The number of hydrogen-bond acceptors (Lipinski definition) is 4. The van der Waals surface area contributed by atoms with Crippen molar-refractivity contribution in [3.63, 3.8) is 0 Å². The number of nitrogens with one attached hydrogen (secondary N) is 2. The van der Waals surface area contributed by atoms with E-state index in [2.05, 4.69) is 15.5 Å². The number of ether oxygens (including phenoxy) is 1. The minimum Gasteiger partial charge on any atom is -0.489 e. The summed E-state index contributed by atoms with van der Waals surface area (Å²) in [5.41, 5.74) is 4.08. The van der Waals surface area contributed by atoms with Gasteiger partial charge >= 0.3 is 0 Å². The Hall–Kier alpha value is -3.80. The van der Waals surface area contributed by atoms with E-state index in [1.165, 1.54) is 0 Å². The van der Waals surface area contributed by atoms with Crippen molar-refractivity contribution in [1.29, 1.82) is 0 Å². The summed E-state index contributed by atoms with van der Waals surface area (Å²) in [6.45, 7) is 1.18. The van der Waals surface area contributed by atoms with Gasteiger partial charge in [-0.2, -0.15) is 0 Å². The minimum atomic E-state index is -0.228. The molecule has 168 valence electrons. The molecule has 6 heteroatoms. The van der Waals surface area contributed by atoms with Crippen molar-refractivity contribution in [1.82, 2.24) is 5.32 Å². The van der Waals surface area contributed by atoms with Crippen LogP contribution >= 0.6 is 0 Å². The Morgan fingerprint density at radius 2 is 1.73 bits per heavy atom. The van der Waals surface area contributed by atoms with E-state index in [0.717, 1.165) is 28.3 Å². The van der Waals surface area contributed by atoms with Gasteiger partial charge in [0.25, 0.3) is 0 Å². The van der Waals surface area contributed by atoms with Gasteiger partial charge < -0.3 is 20.3 Å². The predicted molar refractivity (Wildman–Crippen MR) is 128 cm³/mol. The maximum atomic E-state index is 12.6. The summed E-state index contributed by atoms with van der Waals surface area (Å²) in [5, 5.41) is 6.09. The van der Waals surface area contributed by atoms with Gasteiger partial charge in [0.2, 0.25) is 11.8 Å². The SMILES string of the molecule is O=C(CCc1ccc(OCc2ccccc2)cc1)NC1CC2C(=O)Nc3ccccc3N2C1. The van der Waals surface area contributed by atoms with Crippen molar-refractivity contribution < 1.29 is 14.3 Å². The third-order valence-electron chi connectivity index (χ3n) is 6.25. The Morgan fingerprint density at radius 1 is 0.970 bits per heavy atom. The van der Waals surface area contributed by atoms with Gasteiger partial charge in [-0.05, 0) is 48.2 Å². The lowest BCUT2D eigenvalue weighted by Crippen LogP contribution is -2.44. The van der Waals surface area contributed by atoms with Crippen molar-refractivity contribution in [3.05, 3.63) is 90.0 Å². The van der Waals surface area contributed by atoms with E-state index in [9.17, 15) is 9.59 Å². The third-order valence-corrected chi connectivity index (χ3v) is 6.25. The molecule has 2 aliphatic heterocycles. The molecule has 1 saturated heterocycles. The molecule has 0 aliphatic carbocycles. The molecule has 5 rings (SSSR count). The Labute approximate surface area is 193 Å². The highest BCUT2D eigenvalue weighted by molar-refractivity contribution is 6.04. The lowest BCUT2D eigenvalue weighted by molar-refractivity contribution is -0.122. The van der Waals surface area contributed by atoms with Crippen molar-refractivity contribution in [2.24, 2.45) is 0 Å². The van der Waals surface area contributed by atoms with Crippen molar-refractivity contribution in [2.45, 2.75) is 38.0 Å². The monoisotopic (exact) mass is 441 g/mol. The molecule has 0 aromatic heterocycles. The highest BCUT2D eigenvalue weighted by Crippen LogP contribution is 2.36. The molecule has 0 saturated carbocycles. The topological polar surface area (TPSA) is 70.7 Å². The molecular weight excluding hydrogens is 414 g/mol. The second-order valence-corrected chi connectivity index (χ2v) is 8.59. The lowest BCUT2D eigenvalue weighted by atomic mass is 10.1. The van der Waals surface area contributed by atoms with Gasteiger partial charge in [0, 0.05) is 19.0 Å². The first-order valence-corrected chi connectivity index (χ1v) is 11.4. The molecule has 0 bridgehead atoms. The Balaban J connectivity index is 1.10. The summed E-state index contributed by atoms with van der Waals surface area (Å²) in [5.74, 6) is 0.825. The molecule has 3 aromatic carbocycles. The smallest absolute Gasteiger partial charge is 0.247 e. The number of amides is 2. The molecule has 2 unspecified atom stereocenters. The number of nitrogens with zero attached hydrogens (tertiary/aromatic N) is 1. The largest absolute Gasteiger partial charge is 0.489 e. The standard InChI is InChI=1S/C27H27N3O3/c31-26(15-12-19-10-13-22(14-11-19)33-18-20-6-2-1-3-7-20)28-21-16-25-27(32)29-23-8-4-5-9-24(23)30(25)17-21/h1-11,13-14,21,25H,12,15-18H2,(H,28,31)(H,29,32). The minimum absolute atomic E-state index is 0.0000203. The second kappa shape index (κ2) is 9.36. The zero-order valence-corrected chi connectivity index (χ0v) is 18.4. The van der Waals surface area contributed by atoms with Crippen LogP contribution in [0.25, 0.3) is 0 Å². The van der Waals surface area contributed by atoms with Crippen LogP contribution in [0, 0.1) is 0 Å². The molecule has 6 nitrogen and oxygen atoms in total. The molecule has 2 N–H and O–H groups in total. The number of anilines is 2. The van der Waals surface area contributed by atoms with Crippen molar-refractivity contribution >= 4 is 23.2 Å². The molecule has 2 heterocycles.